The van der Waals surface area contributed by atoms with E-state index in [1.807, 2.05) is 30.3 Å². The van der Waals surface area contributed by atoms with Crippen molar-refractivity contribution in [3.05, 3.63) is 63.0 Å². The molecule has 2 atom stereocenters. The molecule has 4 N–H and O–H groups in total. The van der Waals surface area contributed by atoms with E-state index in [9.17, 15) is 24.0 Å². The molecule has 45 heavy (non-hydrogen) atoms. The molecule has 0 spiro atoms. The second kappa shape index (κ2) is 14.2. The number of aromatic nitrogens is 2. The van der Waals surface area contributed by atoms with E-state index in [-0.39, 0.29) is 43.9 Å². The van der Waals surface area contributed by atoms with E-state index < -0.39 is 35.6 Å². The molecule has 0 saturated carbocycles. The summed E-state index contributed by atoms with van der Waals surface area (Å²) < 4.78 is 14.3. The minimum Gasteiger partial charge on any atom is -0.490 e. The van der Waals surface area contributed by atoms with Crippen molar-refractivity contribution in [2.45, 2.75) is 83.4 Å². The Kier molecular flexibility index (Phi) is 10.6. The fourth-order valence-corrected chi connectivity index (χ4v) is 5.59. The maximum Gasteiger partial charge on any atom is 0.407 e. The Bertz CT molecular complexity index is 1660. The number of ether oxygens (including phenoxy) is 2. The standard InChI is InChI=1S/C32H40ClN5O7/c1-32(2,3)45-30(42)35-21(12-15-26(34)39)18-44-25-10-6-9-20(28(25)33)8-5-7-19-11-13-22-24(17-19)37(4)31(43)38(22)23-14-16-27(40)36-29(23)41/h6,9-11,13,17,21,23H,5,7-8,12,14-16,18H2,1-4H3,(H2,34,39)(H,35,42)(H,36,40,41)/t21-,23?/m0/s1. The van der Waals surface area contributed by atoms with Crippen LogP contribution in [-0.2, 0) is 39.0 Å². The Hall–Kier alpha value is -4.32. The molecule has 1 fully saturated rings. The molecule has 13 heteroatoms. The third kappa shape index (κ3) is 8.65. The van der Waals surface area contributed by atoms with Crippen molar-refractivity contribution >= 4 is 46.4 Å². The van der Waals surface area contributed by atoms with Gasteiger partial charge in [0, 0.05) is 19.9 Å². The van der Waals surface area contributed by atoms with Crippen LogP contribution in [0.4, 0.5) is 4.79 Å². The first-order valence-electron chi connectivity index (χ1n) is 14.9. The Morgan fingerprint density at radius 1 is 1.13 bits per heavy atom. The molecule has 0 radical (unpaired) electrons. The lowest BCUT2D eigenvalue weighted by atomic mass is 10.0. The zero-order chi connectivity index (χ0) is 32.9. The highest BCUT2D eigenvalue weighted by molar-refractivity contribution is 6.32. The zero-order valence-corrected chi connectivity index (χ0v) is 26.7. The largest absolute Gasteiger partial charge is 0.490 e. The Morgan fingerprint density at radius 2 is 1.89 bits per heavy atom. The molecule has 1 aromatic heterocycles. The summed E-state index contributed by atoms with van der Waals surface area (Å²) in [4.78, 5) is 60.8. The summed E-state index contributed by atoms with van der Waals surface area (Å²) in [5.74, 6) is -0.827. The van der Waals surface area contributed by atoms with Crippen molar-refractivity contribution in [2.75, 3.05) is 6.61 Å². The summed E-state index contributed by atoms with van der Waals surface area (Å²) in [5, 5.41) is 5.52. The quantitative estimate of drug-likeness (QED) is 0.254. The molecular formula is C32H40ClN5O7. The Labute approximate surface area is 266 Å². The summed E-state index contributed by atoms with van der Waals surface area (Å²) in [5.41, 5.74) is 7.58. The minimum atomic E-state index is -0.729. The SMILES string of the molecule is Cn1c(=O)n(C2CCC(=O)NC2=O)c2ccc(CCCc3cccc(OC[C@H](CCC(N)=O)NC(=O)OC(C)(C)C)c3Cl)cc21. The van der Waals surface area contributed by atoms with Gasteiger partial charge in [-0.1, -0.05) is 29.8 Å². The molecule has 1 unspecified atom stereocenters. The summed E-state index contributed by atoms with van der Waals surface area (Å²) in [6.45, 7) is 5.34. The van der Waals surface area contributed by atoms with E-state index in [1.54, 1.807) is 33.9 Å². The van der Waals surface area contributed by atoms with Crippen LogP contribution in [0.15, 0.2) is 41.2 Å². The smallest absolute Gasteiger partial charge is 0.407 e. The van der Waals surface area contributed by atoms with Crippen molar-refractivity contribution in [3.63, 3.8) is 0 Å². The molecular weight excluding hydrogens is 602 g/mol. The summed E-state index contributed by atoms with van der Waals surface area (Å²) in [7, 11) is 1.67. The van der Waals surface area contributed by atoms with Crippen LogP contribution in [0.25, 0.3) is 11.0 Å². The highest BCUT2D eigenvalue weighted by Crippen LogP contribution is 2.30. The van der Waals surface area contributed by atoms with Gasteiger partial charge in [-0.15, -0.1) is 0 Å². The molecule has 4 amide bonds. The van der Waals surface area contributed by atoms with Gasteiger partial charge in [-0.25, -0.2) is 9.59 Å². The number of piperidine rings is 1. The number of hydrogen-bond donors (Lipinski definition) is 3. The summed E-state index contributed by atoms with van der Waals surface area (Å²) in [6, 6.07) is 9.99. The van der Waals surface area contributed by atoms with Crippen LogP contribution >= 0.6 is 11.6 Å². The second-order valence-corrected chi connectivity index (χ2v) is 12.6. The van der Waals surface area contributed by atoms with Gasteiger partial charge in [0.25, 0.3) is 0 Å². The molecule has 3 aromatic rings. The van der Waals surface area contributed by atoms with E-state index in [1.165, 1.54) is 9.13 Å². The fraction of sp³-hybridized carbons (Fsp3) is 0.469. The van der Waals surface area contributed by atoms with Crippen molar-refractivity contribution in [1.82, 2.24) is 19.8 Å². The van der Waals surface area contributed by atoms with Crippen LogP contribution in [0.1, 0.15) is 70.0 Å². The number of imide groups is 1. The normalized spacial score (nSPS) is 15.9. The van der Waals surface area contributed by atoms with Crippen LogP contribution in [0, 0.1) is 0 Å². The first-order valence-corrected chi connectivity index (χ1v) is 15.3. The summed E-state index contributed by atoms with van der Waals surface area (Å²) in [6.07, 6.45) is 2.32. The lowest BCUT2D eigenvalue weighted by Crippen LogP contribution is -2.44. The highest BCUT2D eigenvalue weighted by atomic mass is 35.5. The Balaban J connectivity index is 1.40. The molecule has 2 heterocycles. The number of fused-ring (bicyclic) bond motifs is 1. The van der Waals surface area contributed by atoms with E-state index in [4.69, 9.17) is 26.8 Å². The number of rotatable bonds is 12. The second-order valence-electron chi connectivity index (χ2n) is 12.2. The summed E-state index contributed by atoms with van der Waals surface area (Å²) >= 11 is 6.70. The molecule has 2 aromatic carbocycles. The van der Waals surface area contributed by atoms with Gasteiger partial charge in [0.05, 0.1) is 22.1 Å². The van der Waals surface area contributed by atoms with E-state index in [0.717, 1.165) is 17.5 Å². The van der Waals surface area contributed by atoms with Crippen LogP contribution in [0.2, 0.25) is 5.02 Å². The average Bonchev–Trinajstić information content (AvgIpc) is 3.19. The lowest BCUT2D eigenvalue weighted by molar-refractivity contribution is -0.135. The van der Waals surface area contributed by atoms with Crippen LogP contribution < -0.4 is 26.8 Å². The number of halogens is 1. The van der Waals surface area contributed by atoms with E-state index in [2.05, 4.69) is 10.6 Å². The van der Waals surface area contributed by atoms with Gasteiger partial charge in [-0.05, 0) is 82.2 Å². The van der Waals surface area contributed by atoms with Gasteiger partial charge in [0.1, 0.15) is 24.0 Å². The third-order valence-electron chi connectivity index (χ3n) is 7.53. The molecule has 12 nitrogen and oxygen atoms in total. The number of benzene rings is 2. The number of hydrogen-bond acceptors (Lipinski definition) is 7. The number of carbonyl (C=O) groups excluding carboxylic acids is 4. The first-order chi connectivity index (χ1) is 21.2. The number of nitrogens with zero attached hydrogens (tertiary/aromatic N) is 2. The van der Waals surface area contributed by atoms with E-state index in [0.29, 0.717) is 34.6 Å². The van der Waals surface area contributed by atoms with Crippen LogP contribution in [0.5, 0.6) is 5.75 Å². The molecule has 242 valence electrons. The predicted molar refractivity (Wildman–Crippen MR) is 169 cm³/mol. The number of amides is 4. The van der Waals surface area contributed by atoms with Crippen molar-refractivity contribution < 1.29 is 28.7 Å². The average molecular weight is 642 g/mol. The fourth-order valence-electron chi connectivity index (χ4n) is 5.32. The lowest BCUT2D eigenvalue weighted by Gasteiger charge is -2.24. The van der Waals surface area contributed by atoms with Gasteiger partial charge in [0.15, 0.2) is 0 Å². The Morgan fingerprint density at radius 3 is 2.58 bits per heavy atom. The van der Waals surface area contributed by atoms with Crippen molar-refractivity contribution in [1.29, 1.82) is 0 Å². The highest BCUT2D eigenvalue weighted by Gasteiger charge is 2.31. The molecule has 0 bridgehead atoms. The molecule has 4 rings (SSSR count). The van der Waals surface area contributed by atoms with Gasteiger partial charge in [0.2, 0.25) is 17.7 Å². The number of nitrogens with one attached hydrogen (secondary N) is 2. The first kappa shape index (κ1) is 33.6. The van der Waals surface area contributed by atoms with Gasteiger partial charge < -0.3 is 20.5 Å². The number of alkyl carbamates (subject to hydrolysis) is 1. The van der Waals surface area contributed by atoms with E-state index >= 15 is 0 Å². The molecule has 1 saturated heterocycles. The minimum absolute atomic E-state index is 0.0624. The third-order valence-corrected chi connectivity index (χ3v) is 7.96. The maximum absolute atomic E-state index is 13.1. The van der Waals surface area contributed by atoms with Crippen LogP contribution in [-0.4, -0.2) is 51.2 Å². The van der Waals surface area contributed by atoms with Gasteiger partial charge in [-0.2, -0.15) is 0 Å². The van der Waals surface area contributed by atoms with Crippen LogP contribution in [0.3, 0.4) is 0 Å². The van der Waals surface area contributed by atoms with Crippen molar-refractivity contribution in [2.24, 2.45) is 12.8 Å². The van der Waals surface area contributed by atoms with Gasteiger partial charge in [-0.3, -0.25) is 28.8 Å². The van der Waals surface area contributed by atoms with Gasteiger partial charge >= 0.3 is 11.8 Å². The number of primary amides is 1. The van der Waals surface area contributed by atoms with Crippen molar-refractivity contribution in [3.8, 4) is 5.75 Å². The zero-order valence-electron chi connectivity index (χ0n) is 26.0. The number of aryl methyl sites for hydroxylation is 3. The molecule has 0 aliphatic carbocycles. The predicted octanol–water partition coefficient (Wildman–Crippen LogP) is 3.68. The number of carbonyl (C=O) groups is 4. The number of imidazole rings is 1. The topological polar surface area (TPSA) is 164 Å². The number of nitrogens with two attached hydrogens (primary N) is 1. The molecule has 1 aliphatic rings. The monoisotopic (exact) mass is 641 g/mol. The maximum atomic E-state index is 13.1. The molecule has 1 aliphatic heterocycles.